The second-order valence-electron chi connectivity index (χ2n) is 2.61. The fourth-order valence-electron chi connectivity index (χ4n) is 0.885. The van der Waals surface area contributed by atoms with Crippen LogP contribution >= 0.6 is 11.6 Å². The molecular formula is C10H6ClFN2O. The minimum atomic E-state index is -0.544. The molecule has 0 fully saturated rings. The third kappa shape index (κ3) is 3.41. The van der Waals surface area contributed by atoms with Gasteiger partial charge in [0.25, 0.3) is 5.91 Å². The fourth-order valence-corrected chi connectivity index (χ4v) is 1.07. The van der Waals surface area contributed by atoms with E-state index in [1.165, 1.54) is 30.5 Å². The summed E-state index contributed by atoms with van der Waals surface area (Å²) in [6.07, 6.45) is 4.08. The van der Waals surface area contributed by atoms with Crippen LogP contribution in [-0.4, -0.2) is 5.91 Å². The van der Waals surface area contributed by atoms with Crippen LogP contribution in [0.4, 0.5) is 4.39 Å². The van der Waals surface area contributed by atoms with E-state index in [0.717, 1.165) is 6.08 Å². The molecule has 0 aliphatic carbocycles. The number of hydrogen-bond acceptors (Lipinski definition) is 2. The monoisotopic (exact) mass is 224 g/mol. The highest BCUT2D eigenvalue weighted by molar-refractivity contribution is 6.30. The molecule has 1 N–H and O–H groups in total. The van der Waals surface area contributed by atoms with Gasteiger partial charge in [-0.1, -0.05) is 17.7 Å². The lowest BCUT2D eigenvalue weighted by atomic mass is 10.2. The Morgan fingerprint density at radius 3 is 2.93 bits per heavy atom. The van der Waals surface area contributed by atoms with Crippen molar-refractivity contribution in [2.75, 3.05) is 0 Å². The van der Waals surface area contributed by atoms with Crippen LogP contribution in [0.1, 0.15) is 5.56 Å². The van der Waals surface area contributed by atoms with Crippen molar-refractivity contribution in [3.05, 3.63) is 40.7 Å². The van der Waals surface area contributed by atoms with Crippen LogP contribution in [0, 0.1) is 17.3 Å². The summed E-state index contributed by atoms with van der Waals surface area (Å²) in [6.45, 7) is 0. The van der Waals surface area contributed by atoms with Gasteiger partial charge in [-0.15, -0.1) is 0 Å². The van der Waals surface area contributed by atoms with E-state index in [2.05, 4.69) is 0 Å². The maximum absolute atomic E-state index is 12.7. The highest BCUT2D eigenvalue weighted by Crippen LogP contribution is 2.16. The average molecular weight is 225 g/mol. The van der Waals surface area contributed by atoms with Crippen LogP contribution in [0.3, 0.4) is 0 Å². The minimum Gasteiger partial charge on any atom is -0.269 e. The summed E-state index contributed by atoms with van der Waals surface area (Å²) in [4.78, 5) is 10.8. The standard InChI is InChI=1S/C10H6ClFN2O/c11-8-5-7(1-3-9(8)12)2-4-10(15)14-6-13/h1-5H,(H,14,15). The molecule has 5 heteroatoms. The number of nitrogens with one attached hydrogen (secondary N) is 1. The van der Waals surface area contributed by atoms with E-state index in [4.69, 9.17) is 16.9 Å². The first-order valence-electron chi connectivity index (χ1n) is 3.95. The van der Waals surface area contributed by atoms with Crippen molar-refractivity contribution in [3.63, 3.8) is 0 Å². The van der Waals surface area contributed by atoms with Gasteiger partial charge >= 0.3 is 0 Å². The zero-order chi connectivity index (χ0) is 11.3. The number of benzene rings is 1. The molecule has 15 heavy (non-hydrogen) atoms. The molecule has 1 amide bonds. The first-order chi connectivity index (χ1) is 7.13. The number of amides is 1. The summed E-state index contributed by atoms with van der Waals surface area (Å²) in [7, 11) is 0. The van der Waals surface area contributed by atoms with Crippen LogP contribution in [0.15, 0.2) is 24.3 Å². The van der Waals surface area contributed by atoms with E-state index < -0.39 is 11.7 Å². The van der Waals surface area contributed by atoms with E-state index in [1.807, 2.05) is 5.32 Å². The van der Waals surface area contributed by atoms with Crippen molar-refractivity contribution < 1.29 is 9.18 Å². The molecule has 3 nitrogen and oxygen atoms in total. The number of nitrogens with zero attached hydrogens (tertiary/aromatic N) is 1. The molecule has 0 saturated carbocycles. The molecule has 1 rings (SSSR count). The number of nitriles is 1. The van der Waals surface area contributed by atoms with E-state index in [9.17, 15) is 9.18 Å². The predicted molar refractivity (Wildman–Crippen MR) is 54.2 cm³/mol. The largest absolute Gasteiger partial charge is 0.269 e. The lowest BCUT2D eigenvalue weighted by molar-refractivity contribution is -0.115. The molecule has 0 aromatic heterocycles. The van der Waals surface area contributed by atoms with E-state index in [0.29, 0.717) is 5.56 Å². The average Bonchev–Trinajstić information content (AvgIpc) is 2.20. The lowest BCUT2D eigenvalue weighted by Crippen LogP contribution is -2.13. The molecule has 0 heterocycles. The summed E-state index contributed by atoms with van der Waals surface area (Å²) >= 11 is 5.53. The molecule has 0 aliphatic heterocycles. The molecule has 76 valence electrons. The maximum atomic E-state index is 12.7. The molecule has 0 saturated heterocycles. The highest BCUT2D eigenvalue weighted by Gasteiger charge is 1.98. The summed E-state index contributed by atoms with van der Waals surface area (Å²) in [6, 6.07) is 4.05. The van der Waals surface area contributed by atoms with Crippen molar-refractivity contribution >= 4 is 23.6 Å². The van der Waals surface area contributed by atoms with Crippen LogP contribution < -0.4 is 5.32 Å². The van der Waals surface area contributed by atoms with Crippen molar-refractivity contribution in [3.8, 4) is 6.19 Å². The van der Waals surface area contributed by atoms with Gasteiger partial charge in [0.2, 0.25) is 0 Å². The number of halogens is 2. The zero-order valence-electron chi connectivity index (χ0n) is 7.50. The number of carbonyl (C=O) groups excluding carboxylic acids is 1. The Kier molecular flexibility index (Phi) is 3.83. The molecule has 1 aromatic rings. The quantitative estimate of drug-likeness (QED) is 0.475. The van der Waals surface area contributed by atoms with Gasteiger partial charge in [-0.05, 0) is 23.8 Å². The zero-order valence-corrected chi connectivity index (χ0v) is 8.25. The van der Waals surface area contributed by atoms with E-state index >= 15 is 0 Å². The lowest BCUT2D eigenvalue weighted by Gasteiger charge is -1.95. The van der Waals surface area contributed by atoms with Crippen molar-refractivity contribution in [1.29, 1.82) is 5.26 Å². The summed E-state index contributed by atoms with van der Waals surface area (Å²) in [5.41, 5.74) is 0.578. The normalized spacial score (nSPS) is 9.93. The third-order valence-electron chi connectivity index (χ3n) is 1.55. The first kappa shape index (κ1) is 11.2. The summed E-state index contributed by atoms with van der Waals surface area (Å²) in [5.74, 6) is -1.06. The van der Waals surface area contributed by atoms with Gasteiger partial charge < -0.3 is 0 Å². The Morgan fingerprint density at radius 1 is 1.60 bits per heavy atom. The minimum absolute atomic E-state index is 0.0159. The number of hydrogen-bond donors (Lipinski definition) is 1. The molecule has 0 bridgehead atoms. The van der Waals surface area contributed by atoms with Gasteiger partial charge in [0, 0.05) is 6.08 Å². The van der Waals surface area contributed by atoms with Crippen LogP contribution in [0.25, 0.3) is 6.08 Å². The molecule has 0 radical (unpaired) electrons. The van der Waals surface area contributed by atoms with Gasteiger partial charge in [0.1, 0.15) is 5.82 Å². The number of carbonyl (C=O) groups is 1. The Balaban J connectivity index is 2.78. The van der Waals surface area contributed by atoms with Crippen LogP contribution in [-0.2, 0) is 4.79 Å². The van der Waals surface area contributed by atoms with Gasteiger partial charge in [-0.25, -0.2) is 4.39 Å². The second kappa shape index (κ2) is 5.13. The van der Waals surface area contributed by atoms with Crippen molar-refractivity contribution in [2.45, 2.75) is 0 Å². The van der Waals surface area contributed by atoms with Crippen molar-refractivity contribution in [1.82, 2.24) is 5.32 Å². The van der Waals surface area contributed by atoms with Crippen LogP contribution in [0.5, 0.6) is 0 Å². The van der Waals surface area contributed by atoms with Gasteiger partial charge in [0.15, 0.2) is 6.19 Å². The van der Waals surface area contributed by atoms with Crippen molar-refractivity contribution in [2.24, 2.45) is 0 Å². The Morgan fingerprint density at radius 2 is 2.33 bits per heavy atom. The maximum Gasteiger partial charge on any atom is 0.256 e. The fraction of sp³-hybridized carbons (Fsp3) is 0. The molecule has 0 spiro atoms. The topological polar surface area (TPSA) is 52.9 Å². The van der Waals surface area contributed by atoms with Gasteiger partial charge in [-0.2, -0.15) is 5.26 Å². The number of rotatable bonds is 2. The molecule has 0 unspecified atom stereocenters. The summed E-state index contributed by atoms with van der Waals surface area (Å²) < 4.78 is 12.7. The third-order valence-corrected chi connectivity index (χ3v) is 1.84. The summed E-state index contributed by atoms with van der Waals surface area (Å²) in [5, 5.41) is 10.0. The SMILES string of the molecule is N#CNC(=O)C=Cc1ccc(F)c(Cl)c1. The molecular weight excluding hydrogens is 219 g/mol. The highest BCUT2D eigenvalue weighted by atomic mass is 35.5. The van der Waals surface area contributed by atoms with Crippen LogP contribution in [0.2, 0.25) is 5.02 Å². The molecule has 1 aromatic carbocycles. The smallest absolute Gasteiger partial charge is 0.256 e. The molecule has 0 atom stereocenters. The first-order valence-corrected chi connectivity index (χ1v) is 4.33. The molecule has 0 aliphatic rings. The second-order valence-corrected chi connectivity index (χ2v) is 3.02. The van der Waals surface area contributed by atoms with E-state index in [-0.39, 0.29) is 5.02 Å². The Bertz CT molecular complexity index is 451. The van der Waals surface area contributed by atoms with Gasteiger partial charge in [0.05, 0.1) is 5.02 Å². The van der Waals surface area contributed by atoms with Gasteiger partial charge in [-0.3, -0.25) is 10.1 Å². The van der Waals surface area contributed by atoms with E-state index in [1.54, 1.807) is 0 Å². The Labute approximate surface area is 90.8 Å². The Hall–Kier alpha value is -1.86. The predicted octanol–water partition coefficient (Wildman–Crippen LogP) is 2.09.